The van der Waals surface area contributed by atoms with Crippen LogP contribution in [0, 0.1) is 28.4 Å². The second-order valence-electron chi connectivity index (χ2n) is 5.54. The molecule has 0 aliphatic heterocycles. The summed E-state index contributed by atoms with van der Waals surface area (Å²) < 4.78 is 1.53. The molecule has 118 valence electrons. The van der Waals surface area contributed by atoms with E-state index in [4.69, 9.17) is 5.26 Å². The molecule has 6 nitrogen and oxygen atoms in total. The SMILES string of the molecule is Cc1cn(Cc2ccc(C#N)cc2)c(=O)c2cc([N+](=O)[O-])ccc12. The third-order valence-electron chi connectivity index (χ3n) is 3.92. The maximum atomic E-state index is 12.7. The van der Waals surface area contributed by atoms with Crippen molar-refractivity contribution in [2.45, 2.75) is 13.5 Å². The van der Waals surface area contributed by atoms with Crippen molar-refractivity contribution in [3.8, 4) is 6.07 Å². The molecule has 0 spiro atoms. The van der Waals surface area contributed by atoms with Gasteiger partial charge in [-0.3, -0.25) is 14.9 Å². The highest BCUT2D eigenvalue weighted by Crippen LogP contribution is 2.21. The number of nitro benzene ring substituents is 1. The largest absolute Gasteiger partial charge is 0.310 e. The van der Waals surface area contributed by atoms with Gasteiger partial charge in [0, 0.05) is 18.3 Å². The van der Waals surface area contributed by atoms with Crippen LogP contribution in [-0.4, -0.2) is 9.49 Å². The van der Waals surface area contributed by atoms with E-state index in [2.05, 4.69) is 0 Å². The zero-order valence-electron chi connectivity index (χ0n) is 12.9. The molecule has 24 heavy (non-hydrogen) atoms. The Bertz CT molecular complexity index is 1040. The number of aromatic nitrogens is 1. The molecule has 1 heterocycles. The summed E-state index contributed by atoms with van der Waals surface area (Å²) in [5.74, 6) is 0. The first-order valence-corrected chi connectivity index (χ1v) is 7.27. The Hall–Kier alpha value is -3.46. The molecule has 0 aliphatic carbocycles. The van der Waals surface area contributed by atoms with Gasteiger partial charge in [0.05, 0.1) is 28.5 Å². The number of aryl methyl sites for hydroxylation is 1. The lowest BCUT2D eigenvalue weighted by molar-refractivity contribution is -0.384. The van der Waals surface area contributed by atoms with Crippen LogP contribution in [0.3, 0.4) is 0 Å². The highest BCUT2D eigenvalue weighted by atomic mass is 16.6. The third kappa shape index (κ3) is 2.75. The first-order chi connectivity index (χ1) is 11.5. The Morgan fingerprint density at radius 2 is 1.88 bits per heavy atom. The molecule has 0 atom stereocenters. The Morgan fingerprint density at radius 1 is 1.17 bits per heavy atom. The van der Waals surface area contributed by atoms with Gasteiger partial charge in [0.1, 0.15) is 0 Å². The predicted octanol–water partition coefficient (Wildman–Crippen LogP) is 3.14. The summed E-state index contributed by atoms with van der Waals surface area (Å²) in [5.41, 5.74) is 1.92. The van der Waals surface area contributed by atoms with Crippen LogP contribution in [0.25, 0.3) is 10.8 Å². The number of hydrogen-bond acceptors (Lipinski definition) is 4. The van der Waals surface area contributed by atoms with E-state index in [1.54, 1.807) is 36.5 Å². The number of non-ortho nitro benzene ring substituents is 1. The maximum Gasteiger partial charge on any atom is 0.270 e. The van der Waals surface area contributed by atoms with Crippen LogP contribution in [-0.2, 0) is 6.54 Å². The molecule has 0 saturated carbocycles. The fourth-order valence-corrected chi connectivity index (χ4v) is 2.68. The lowest BCUT2D eigenvalue weighted by atomic mass is 10.1. The standard InChI is InChI=1S/C18H13N3O3/c1-12-10-20(11-14-4-2-13(9-19)3-5-14)18(22)17-8-15(21(23)24)6-7-16(12)17/h2-8,10H,11H2,1H3. The number of benzene rings is 2. The molecular formula is C18H13N3O3. The number of hydrogen-bond donors (Lipinski definition) is 0. The predicted molar refractivity (Wildman–Crippen MR) is 89.9 cm³/mol. The van der Waals surface area contributed by atoms with Gasteiger partial charge in [-0.05, 0) is 41.6 Å². The number of nitro groups is 1. The van der Waals surface area contributed by atoms with Gasteiger partial charge in [-0.25, -0.2) is 0 Å². The van der Waals surface area contributed by atoms with E-state index in [0.29, 0.717) is 22.9 Å². The topological polar surface area (TPSA) is 88.9 Å². The lowest BCUT2D eigenvalue weighted by Crippen LogP contribution is -2.21. The van der Waals surface area contributed by atoms with Crippen molar-refractivity contribution in [1.29, 1.82) is 5.26 Å². The van der Waals surface area contributed by atoms with E-state index < -0.39 is 4.92 Å². The highest BCUT2D eigenvalue weighted by molar-refractivity contribution is 5.86. The van der Waals surface area contributed by atoms with Gasteiger partial charge >= 0.3 is 0 Å². The van der Waals surface area contributed by atoms with E-state index in [0.717, 1.165) is 11.1 Å². The fraction of sp³-hybridized carbons (Fsp3) is 0.111. The van der Waals surface area contributed by atoms with Crippen molar-refractivity contribution in [2.24, 2.45) is 0 Å². The highest BCUT2D eigenvalue weighted by Gasteiger charge is 2.12. The summed E-state index contributed by atoms with van der Waals surface area (Å²) in [5, 5.41) is 20.8. The van der Waals surface area contributed by atoms with Gasteiger partial charge < -0.3 is 4.57 Å². The quantitative estimate of drug-likeness (QED) is 0.548. The maximum absolute atomic E-state index is 12.7. The summed E-state index contributed by atoms with van der Waals surface area (Å²) in [6.45, 7) is 2.20. The van der Waals surface area contributed by atoms with Gasteiger partial charge in [0.25, 0.3) is 11.2 Å². The monoisotopic (exact) mass is 319 g/mol. The first kappa shape index (κ1) is 15.4. The number of pyridine rings is 1. The Labute approximate surface area is 137 Å². The molecule has 0 unspecified atom stereocenters. The smallest absolute Gasteiger partial charge is 0.270 e. The number of fused-ring (bicyclic) bond motifs is 1. The zero-order valence-corrected chi connectivity index (χ0v) is 12.9. The van der Waals surface area contributed by atoms with Crippen LogP contribution in [0.4, 0.5) is 5.69 Å². The summed E-state index contributed by atoms with van der Waals surface area (Å²) in [4.78, 5) is 23.1. The molecular weight excluding hydrogens is 306 g/mol. The molecule has 3 rings (SSSR count). The van der Waals surface area contributed by atoms with Gasteiger partial charge in [0.2, 0.25) is 0 Å². The van der Waals surface area contributed by atoms with Gasteiger partial charge in [0.15, 0.2) is 0 Å². The molecule has 0 bridgehead atoms. The van der Waals surface area contributed by atoms with Crippen LogP contribution in [0.2, 0.25) is 0 Å². The normalized spacial score (nSPS) is 10.5. The van der Waals surface area contributed by atoms with E-state index in [1.807, 2.05) is 13.0 Å². The van der Waals surface area contributed by atoms with Crippen LogP contribution >= 0.6 is 0 Å². The summed E-state index contributed by atoms with van der Waals surface area (Å²) in [6, 6.07) is 13.3. The molecule has 0 amide bonds. The van der Waals surface area contributed by atoms with Crippen LogP contribution in [0.1, 0.15) is 16.7 Å². The molecule has 0 radical (unpaired) electrons. The van der Waals surface area contributed by atoms with Crippen molar-refractivity contribution < 1.29 is 4.92 Å². The minimum atomic E-state index is -0.508. The van der Waals surface area contributed by atoms with Gasteiger partial charge in [-0.1, -0.05) is 12.1 Å². The molecule has 0 fully saturated rings. The second-order valence-corrected chi connectivity index (χ2v) is 5.54. The van der Waals surface area contributed by atoms with Crippen molar-refractivity contribution >= 4 is 16.5 Å². The average molecular weight is 319 g/mol. The molecule has 3 aromatic rings. The number of rotatable bonds is 3. The number of nitriles is 1. The van der Waals surface area contributed by atoms with Crippen LogP contribution in [0.15, 0.2) is 53.5 Å². The van der Waals surface area contributed by atoms with E-state index in [9.17, 15) is 14.9 Å². The minimum absolute atomic E-state index is 0.102. The molecule has 0 saturated heterocycles. The Balaban J connectivity index is 2.10. The van der Waals surface area contributed by atoms with E-state index >= 15 is 0 Å². The van der Waals surface area contributed by atoms with Crippen LogP contribution < -0.4 is 5.56 Å². The first-order valence-electron chi connectivity index (χ1n) is 7.27. The van der Waals surface area contributed by atoms with Gasteiger partial charge in [-0.15, -0.1) is 0 Å². The Morgan fingerprint density at radius 3 is 2.50 bits per heavy atom. The molecule has 6 heteroatoms. The van der Waals surface area contributed by atoms with Crippen molar-refractivity contribution in [1.82, 2.24) is 4.57 Å². The summed E-state index contributed by atoms with van der Waals surface area (Å²) in [7, 11) is 0. The van der Waals surface area contributed by atoms with Crippen molar-refractivity contribution in [3.05, 3.63) is 85.8 Å². The average Bonchev–Trinajstić information content (AvgIpc) is 2.59. The van der Waals surface area contributed by atoms with Crippen LogP contribution in [0.5, 0.6) is 0 Å². The van der Waals surface area contributed by atoms with E-state index in [-0.39, 0.29) is 11.2 Å². The molecule has 2 aromatic carbocycles. The molecule has 0 N–H and O–H groups in total. The second kappa shape index (κ2) is 5.97. The summed E-state index contributed by atoms with van der Waals surface area (Å²) >= 11 is 0. The van der Waals surface area contributed by atoms with Crippen molar-refractivity contribution in [2.75, 3.05) is 0 Å². The lowest BCUT2D eigenvalue weighted by Gasteiger charge is -2.10. The van der Waals surface area contributed by atoms with Crippen molar-refractivity contribution in [3.63, 3.8) is 0 Å². The minimum Gasteiger partial charge on any atom is -0.310 e. The fourth-order valence-electron chi connectivity index (χ4n) is 2.68. The molecule has 0 aliphatic rings. The van der Waals surface area contributed by atoms with Gasteiger partial charge in [-0.2, -0.15) is 5.26 Å². The number of nitrogens with zero attached hydrogens (tertiary/aromatic N) is 3. The third-order valence-corrected chi connectivity index (χ3v) is 3.92. The molecule has 1 aromatic heterocycles. The zero-order chi connectivity index (χ0) is 17.3. The Kier molecular flexibility index (Phi) is 3.84. The summed E-state index contributed by atoms with van der Waals surface area (Å²) in [6.07, 6.45) is 1.74. The van der Waals surface area contributed by atoms with E-state index in [1.165, 1.54) is 16.7 Å².